The van der Waals surface area contributed by atoms with Crippen LogP contribution >= 0.6 is 12.2 Å². The summed E-state index contributed by atoms with van der Waals surface area (Å²) in [4.78, 5) is 12.7. The van der Waals surface area contributed by atoms with Gasteiger partial charge in [0.1, 0.15) is 6.54 Å². The smallest absolute Gasteiger partial charge is 0.240 e. The van der Waals surface area contributed by atoms with Gasteiger partial charge in [0.25, 0.3) is 0 Å². The molecule has 2 aromatic rings. The first-order chi connectivity index (χ1) is 12.4. The third-order valence-corrected chi connectivity index (χ3v) is 6.10. The van der Waals surface area contributed by atoms with Crippen molar-refractivity contribution < 1.29 is 9.53 Å². The van der Waals surface area contributed by atoms with Gasteiger partial charge in [0.15, 0.2) is 10.6 Å². The molecule has 138 valence electrons. The molecule has 3 atom stereocenters. The van der Waals surface area contributed by atoms with Crippen molar-refractivity contribution in [3.63, 3.8) is 0 Å². The van der Waals surface area contributed by atoms with E-state index in [2.05, 4.69) is 29.4 Å². The number of aryl methyl sites for hydroxylation is 1. The number of carbonyl (C=O) groups excluding carboxylic acids is 1. The van der Waals surface area contributed by atoms with Crippen LogP contribution in [0.5, 0.6) is 0 Å². The lowest BCUT2D eigenvalue weighted by molar-refractivity contribution is -0.138. The molecule has 26 heavy (non-hydrogen) atoms. The van der Waals surface area contributed by atoms with E-state index in [-0.39, 0.29) is 30.0 Å². The summed E-state index contributed by atoms with van der Waals surface area (Å²) in [6, 6.07) is 8.17. The fraction of sp³-hybridized carbons (Fsp3) is 0.526. The molecule has 1 aliphatic heterocycles. The first-order valence-corrected chi connectivity index (χ1v) is 9.42. The van der Waals surface area contributed by atoms with E-state index in [0.717, 1.165) is 18.6 Å². The Morgan fingerprint density at radius 2 is 2.15 bits per heavy atom. The molecule has 2 aliphatic rings. The molecule has 7 heteroatoms. The van der Waals surface area contributed by atoms with E-state index in [9.17, 15) is 4.79 Å². The first kappa shape index (κ1) is 17.4. The van der Waals surface area contributed by atoms with Crippen LogP contribution in [0.15, 0.2) is 24.3 Å². The van der Waals surface area contributed by atoms with Crippen molar-refractivity contribution in [3.05, 3.63) is 34.6 Å². The molecule has 0 radical (unpaired) electrons. The number of nitrogens with one attached hydrogen (secondary N) is 2. The van der Waals surface area contributed by atoms with Gasteiger partial charge in [-0.15, -0.1) is 0 Å². The average molecular weight is 372 g/mol. The van der Waals surface area contributed by atoms with Gasteiger partial charge in [-0.3, -0.25) is 14.5 Å². The van der Waals surface area contributed by atoms with Gasteiger partial charge in [0.05, 0.1) is 6.10 Å². The van der Waals surface area contributed by atoms with Gasteiger partial charge < -0.3 is 10.1 Å². The van der Waals surface area contributed by atoms with Crippen LogP contribution in [0.3, 0.4) is 0 Å². The lowest BCUT2D eigenvalue weighted by atomic mass is 9.57. The zero-order chi connectivity index (χ0) is 18.5. The second-order valence-corrected chi connectivity index (χ2v) is 8.30. The largest absolute Gasteiger partial charge is 0.377 e. The molecule has 4 rings (SSSR count). The van der Waals surface area contributed by atoms with Crippen molar-refractivity contribution in [3.8, 4) is 11.4 Å². The Balaban J connectivity index is 1.51. The van der Waals surface area contributed by atoms with Crippen molar-refractivity contribution in [1.29, 1.82) is 0 Å². The number of rotatable bonds is 4. The van der Waals surface area contributed by atoms with Gasteiger partial charge in [-0.2, -0.15) is 5.10 Å². The number of hydrogen-bond donors (Lipinski definition) is 2. The highest BCUT2D eigenvalue weighted by Crippen LogP contribution is 2.52. The van der Waals surface area contributed by atoms with Crippen molar-refractivity contribution in [2.75, 3.05) is 6.61 Å². The second-order valence-electron chi connectivity index (χ2n) is 7.92. The Labute approximate surface area is 158 Å². The molecule has 0 spiro atoms. The van der Waals surface area contributed by atoms with E-state index in [0.29, 0.717) is 16.5 Å². The van der Waals surface area contributed by atoms with Crippen LogP contribution in [-0.2, 0) is 16.1 Å². The topological polar surface area (TPSA) is 71.9 Å². The summed E-state index contributed by atoms with van der Waals surface area (Å²) < 4.78 is 8.01. The van der Waals surface area contributed by atoms with Crippen LogP contribution in [0, 0.1) is 23.0 Å². The number of nitrogens with zero attached hydrogens (tertiary/aromatic N) is 2. The number of fused-ring (bicyclic) bond motifs is 1. The fourth-order valence-electron chi connectivity index (χ4n) is 4.37. The highest BCUT2D eigenvalue weighted by Gasteiger charge is 2.59. The number of aromatic nitrogens is 3. The zero-order valence-corrected chi connectivity index (χ0v) is 16.1. The number of hydrogen-bond acceptors (Lipinski definition) is 4. The van der Waals surface area contributed by atoms with Crippen molar-refractivity contribution >= 4 is 18.1 Å². The Morgan fingerprint density at radius 3 is 2.88 bits per heavy atom. The molecule has 1 amide bonds. The van der Waals surface area contributed by atoms with Crippen molar-refractivity contribution in [1.82, 2.24) is 20.1 Å². The third kappa shape index (κ3) is 2.79. The summed E-state index contributed by atoms with van der Waals surface area (Å²) in [5.41, 5.74) is 2.07. The predicted molar refractivity (Wildman–Crippen MR) is 101 cm³/mol. The molecule has 2 heterocycles. The summed E-state index contributed by atoms with van der Waals surface area (Å²) in [5.74, 6) is 1.06. The summed E-state index contributed by atoms with van der Waals surface area (Å²) in [5, 5.41) is 10.3. The molecule has 2 N–H and O–H groups in total. The molecule has 1 saturated heterocycles. The van der Waals surface area contributed by atoms with Crippen molar-refractivity contribution in [2.24, 2.45) is 11.3 Å². The van der Waals surface area contributed by atoms with E-state index in [1.54, 1.807) is 4.57 Å². The number of H-pyrrole nitrogens is 1. The number of ether oxygens (including phenoxy) is 1. The van der Waals surface area contributed by atoms with Gasteiger partial charge in [-0.25, -0.2) is 0 Å². The molecule has 1 saturated carbocycles. The third-order valence-electron chi connectivity index (χ3n) is 5.79. The lowest BCUT2D eigenvalue weighted by Gasteiger charge is -2.54. The second kappa shape index (κ2) is 6.32. The molecule has 2 fully saturated rings. The minimum Gasteiger partial charge on any atom is -0.377 e. The molecule has 6 nitrogen and oxygen atoms in total. The highest BCUT2D eigenvalue weighted by atomic mass is 32.1. The zero-order valence-electron chi connectivity index (χ0n) is 15.3. The Bertz CT molecular complexity index is 884. The first-order valence-electron chi connectivity index (χ1n) is 9.01. The maximum Gasteiger partial charge on any atom is 0.240 e. The van der Waals surface area contributed by atoms with E-state index in [4.69, 9.17) is 17.0 Å². The van der Waals surface area contributed by atoms with Crippen LogP contribution in [0.4, 0.5) is 0 Å². The van der Waals surface area contributed by atoms with Gasteiger partial charge in [0, 0.05) is 29.5 Å². The van der Waals surface area contributed by atoms with Gasteiger partial charge in [0.2, 0.25) is 5.91 Å². The van der Waals surface area contributed by atoms with Crippen LogP contribution in [0.1, 0.15) is 25.8 Å². The molecule has 1 aromatic heterocycles. The Kier molecular flexibility index (Phi) is 4.23. The quantitative estimate of drug-likeness (QED) is 0.810. The maximum absolute atomic E-state index is 12.7. The summed E-state index contributed by atoms with van der Waals surface area (Å²) >= 11 is 5.34. The molecular weight excluding hydrogens is 348 g/mol. The summed E-state index contributed by atoms with van der Waals surface area (Å²) in [6.07, 6.45) is 1.27. The number of carbonyl (C=O) groups is 1. The van der Waals surface area contributed by atoms with Gasteiger partial charge >= 0.3 is 0 Å². The van der Waals surface area contributed by atoms with Crippen LogP contribution < -0.4 is 5.32 Å². The number of amides is 1. The minimum atomic E-state index is -0.0423. The monoisotopic (exact) mass is 372 g/mol. The van der Waals surface area contributed by atoms with Gasteiger partial charge in [-0.05, 0) is 25.6 Å². The van der Waals surface area contributed by atoms with Gasteiger partial charge in [-0.1, -0.05) is 43.7 Å². The van der Waals surface area contributed by atoms with Crippen LogP contribution in [0.25, 0.3) is 11.4 Å². The van der Waals surface area contributed by atoms with Crippen LogP contribution in [-0.4, -0.2) is 39.4 Å². The molecule has 0 unspecified atom stereocenters. The van der Waals surface area contributed by atoms with Crippen LogP contribution in [0.2, 0.25) is 0 Å². The maximum atomic E-state index is 12.7. The number of benzene rings is 1. The highest BCUT2D eigenvalue weighted by molar-refractivity contribution is 7.71. The fourth-order valence-corrected chi connectivity index (χ4v) is 4.56. The SMILES string of the molecule is Cc1ccc(-c2n[nH]c(=S)n2CC(=O)N[C@@H]2[C@@H]3CCO[C@H]3C2(C)C)cc1. The number of aromatic amines is 1. The van der Waals surface area contributed by atoms with Crippen molar-refractivity contribution in [2.45, 2.75) is 45.9 Å². The Morgan fingerprint density at radius 1 is 1.42 bits per heavy atom. The standard InChI is InChI=1S/C19H24N4O2S/c1-11-4-6-12(7-5-11)17-21-22-18(26)23(17)10-14(24)20-15-13-8-9-25-16(13)19(15,2)3/h4-7,13,15-16H,8-10H2,1-3H3,(H,20,24)(H,22,26)/t13-,15+,16+/m0/s1. The average Bonchev–Trinajstić information content (AvgIpc) is 3.20. The molecule has 1 aromatic carbocycles. The molecule has 1 aliphatic carbocycles. The van der Waals surface area contributed by atoms with E-state index >= 15 is 0 Å². The van der Waals surface area contributed by atoms with E-state index in [1.807, 2.05) is 31.2 Å². The normalized spacial score (nSPS) is 26.2. The summed E-state index contributed by atoms with van der Waals surface area (Å²) in [6.45, 7) is 7.30. The minimum absolute atomic E-state index is 0.0333. The molecule has 0 bridgehead atoms. The van der Waals surface area contributed by atoms with E-state index in [1.165, 1.54) is 5.56 Å². The Hall–Kier alpha value is -1.99. The molecular formula is C19H24N4O2S. The lowest BCUT2D eigenvalue weighted by Crippen LogP contribution is -2.67. The predicted octanol–water partition coefficient (Wildman–Crippen LogP) is 2.85. The van der Waals surface area contributed by atoms with E-state index < -0.39 is 0 Å². The summed E-state index contributed by atoms with van der Waals surface area (Å²) in [7, 11) is 0.